The molecule has 0 radical (unpaired) electrons. The van der Waals surface area contributed by atoms with Crippen LogP contribution < -0.4 is 24.0 Å². The number of aryl methyl sites for hydroxylation is 2. The van der Waals surface area contributed by atoms with Gasteiger partial charge in [-0.2, -0.15) is 0 Å². The third kappa shape index (κ3) is 3.61. The van der Waals surface area contributed by atoms with E-state index in [0.29, 0.717) is 17.2 Å². The summed E-state index contributed by atoms with van der Waals surface area (Å²) in [4.78, 5) is 14.6. The largest absolute Gasteiger partial charge is 0.496 e. The Morgan fingerprint density at radius 1 is 0.818 bits per heavy atom. The molecular weight excluding hydrogens is 416 g/mol. The molecule has 4 rings (SSSR count). The Morgan fingerprint density at radius 2 is 1.27 bits per heavy atom. The van der Waals surface area contributed by atoms with E-state index in [9.17, 15) is 0 Å². The number of fused-ring (bicyclic) bond motifs is 2. The molecule has 0 amide bonds. The van der Waals surface area contributed by atoms with Crippen LogP contribution in [0.4, 0.5) is 11.6 Å². The number of methoxy groups -OCH3 is 3. The predicted molar refractivity (Wildman–Crippen MR) is 134 cm³/mol. The van der Waals surface area contributed by atoms with Crippen molar-refractivity contribution in [1.82, 2.24) is 9.97 Å². The number of benzene rings is 2. The monoisotopic (exact) mass is 448 g/mol. The summed E-state index contributed by atoms with van der Waals surface area (Å²) >= 11 is 0. The van der Waals surface area contributed by atoms with Crippen molar-refractivity contribution >= 4 is 28.2 Å². The zero-order chi connectivity index (χ0) is 23.9. The minimum Gasteiger partial charge on any atom is -0.496 e. The maximum atomic E-state index is 5.73. The van der Waals surface area contributed by atoms with Gasteiger partial charge in [0.2, 0.25) is 0 Å². The molecule has 174 valence electrons. The van der Waals surface area contributed by atoms with Crippen molar-refractivity contribution in [1.29, 1.82) is 0 Å². The number of hydrogen-bond acceptors (Lipinski definition) is 7. The van der Waals surface area contributed by atoms with Gasteiger partial charge >= 0.3 is 0 Å². The summed E-state index contributed by atoms with van der Waals surface area (Å²) in [5, 5.41) is 0. The molecule has 0 atom stereocenters. The number of likely N-dealkylation sites (N-methyl/N-ethyl adjacent to an activating group) is 2. The maximum absolute atomic E-state index is 5.73. The average molecular weight is 449 g/mol. The smallest absolute Gasteiger partial charge is 0.174 e. The highest BCUT2D eigenvalue weighted by Gasteiger charge is 2.40. The van der Waals surface area contributed by atoms with E-state index in [1.165, 1.54) is 11.1 Å². The van der Waals surface area contributed by atoms with Crippen LogP contribution in [0.2, 0.25) is 0 Å². The Labute approximate surface area is 195 Å². The second-order valence-corrected chi connectivity index (χ2v) is 8.17. The molecule has 3 aromatic rings. The highest BCUT2D eigenvalue weighted by molar-refractivity contribution is 5.90. The van der Waals surface area contributed by atoms with Gasteiger partial charge in [0, 0.05) is 30.8 Å². The van der Waals surface area contributed by atoms with Crippen LogP contribution in [-0.4, -0.2) is 50.6 Å². The van der Waals surface area contributed by atoms with Crippen molar-refractivity contribution in [2.24, 2.45) is 0 Å². The van der Waals surface area contributed by atoms with E-state index in [0.717, 1.165) is 46.9 Å². The van der Waals surface area contributed by atoms with Gasteiger partial charge in [0.1, 0.15) is 23.4 Å². The minimum absolute atomic E-state index is 0.176. The normalized spacial score (nSPS) is 13.4. The van der Waals surface area contributed by atoms with Gasteiger partial charge in [-0.15, -0.1) is 0 Å². The lowest BCUT2D eigenvalue weighted by molar-refractivity contribution is 0.373. The first-order chi connectivity index (χ1) is 15.9. The van der Waals surface area contributed by atoms with Crippen LogP contribution in [0.3, 0.4) is 0 Å². The van der Waals surface area contributed by atoms with Crippen LogP contribution in [0.25, 0.3) is 16.6 Å². The van der Waals surface area contributed by atoms with Crippen molar-refractivity contribution in [2.45, 2.75) is 33.9 Å². The summed E-state index contributed by atoms with van der Waals surface area (Å²) in [5.41, 5.74) is 5.88. The molecule has 1 aromatic heterocycles. The SMILES string of the molecule is C=C(c1c(OC)cc(OC)cc1OC)C1N(CC)c2nc3cc(C)c(C)cc3nc2N1CC. The molecule has 2 aromatic carbocycles. The van der Waals surface area contributed by atoms with Crippen LogP contribution in [0.5, 0.6) is 17.2 Å². The van der Waals surface area contributed by atoms with Crippen molar-refractivity contribution in [3.8, 4) is 17.2 Å². The van der Waals surface area contributed by atoms with Gasteiger partial charge < -0.3 is 24.0 Å². The molecule has 0 bridgehead atoms. The quantitative estimate of drug-likeness (QED) is 0.505. The van der Waals surface area contributed by atoms with Gasteiger partial charge in [0.15, 0.2) is 11.6 Å². The summed E-state index contributed by atoms with van der Waals surface area (Å²) in [6, 6.07) is 7.93. The van der Waals surface area contributed by atoms with E-state index in [2.05, 4.69) is 56.2 Å². The lowest BCUT2D eigenvalue weighted by Gasteiger charge is -2.33. The van der Waals surface area contributed by atoms with E-state index in [1.807, 2.05) is 12.1 Å². The Hall–Kier alpha value is -3.48. The molecular formula is C26H32N4O3. The van der Waals surface area contributed by atoms with Crippen molar-refractivity contribution in [3.05, 3.63) is 47.5 Å². The second-order valence-electron chi connectivity index (χ2n) is 8.17. The Morgan fingerprint density at radius 3 is 1.64 bits per heavy atom. The van der Waals surface area contributed by atoms with E-state index < -0.39 is 0 Å². The molecule has 0 unspecified atom stereocenters. The summed E-state index contributed by atoms with van der Waals surface area (Å²) in [6.45, 7) is 14.5. The molecule has 33 heavy (non-hydrogen) atoms. The molecule has 0 N–H and O–H groups in total. The minimum atomic E-state index is -0.176. The van der Waals surface area contributed by atoms with E-state index >= 15 is 0 Å². The first-order valence-corrected chi connectivity index (χ1v) is 11.2. The highest BCUT2D eigenvalue weighted by atomic mass is 16.5. The van der Waals surface area contributed by atoms with Crippen molar-refractivity contribution in [3.63, 3.8) is 0 Å². The number of nitrogens with zero attached hydrogens (tertiary/aromatic N) is 4. The van der Waals surface area contributed by atoms with E-state index in [1.54, 1.807) is 21.3 Å². The van der Waals surface area contributed by atoms with Crippen molar-refractivity contribution in [2.75, 3.05) is 44.2 Å². The topological polar surface area (TPSA) is 60.0 Å². The Kier molecular flexibility index (Phi) is 6.06. The molecule has 0 aliphatic carbocycles. The number of anilines is 2. The third-order valence-electron chi connectivity index (χ3n) is 6.41. The van der Waals surface area contributed by atoms with Crippen LogP contribution >= 0.6 is 0 Å². The van der Waals surface area contributed by atoms with Gasteiger partial charge in [-0.1, -0.05) is 6.58 Å². The predicted octanol–water partition coefficient (Wildman–Crippen LogP) is 4.98. The van der Waals surface area contributed by atoms with Crippen molar-refractivity contribution < 1.29 is 14.2 Å². The van der Waals surface area contributed by atoms with Gasteiger partial charge in [0.05, 0.1) is 37.9 Å². The summed E-state index contributed by atoms with van der Waals surface area (Å²) in [7, 11) is 4.91. The number of hydrogen-bond donors (Lipinski definition) is 0. The van der Waals surface area contributed by atoms with Gasteiger partial charge in [-0.05, 0) is 51.0 Å². The van der Waals surface area contributed by atoms with E-state index in [-0.39, 0.29) is 6.17 Å². The first kappa shape index (κ1) is 22.7. The van der Waals surface area contributed by atoms with E-state index in [4.69, 9.17) is 24.2 Å². The molecule has 0 fully saturated rings. The number of aromatic nitrogens is 2. The Balaban J connectivity index is 1.88. The van der Waals surface area contributed by atoms with Crippen LogP contribution in [-0.2, 0) is 0 Å². The summed E-state index contributed by atoms with van der Waals surface area (Å²) < 4.78 is 16.9. The van der Waals surface area contributed by atoms with Crippen LogP contribution in [0.1, 0.15) is 30.5 Å². The average Bonchev–Trinajstić information content (AvgIpc) is 3.14. The lowest BCUT2D eigenvalue weighted by Crippen LogP contribution is -2.44. The summed E-state index contributed by atoms with van der Waals surface area (Å²) in [5.74, 6) is 3.70. The Bertz CT molecular complexity index is 1140. The molecule has 2 heterocycles. The lowest BCUT2D eigenvalue weighted by atomic mass is 10.0. The van der Waals surface area contributed by atoms with Gasteiger partial charge in [0.25, 0.3) is 0 Å². The molecule has 0 spiro atoms. The zero-order valence-corrected chi connectivity index (χ0v) is 20.5. The molecule has 7 heteroatoms. The van der Waals surface area contributed by atoms with Gasteiger partial charge in [-0.3, -0.25) is 0 Å². The molecule has 0 saturated carbocycles. The highest BCUT2D eigenvalue weighted by Crippen LogP contribution is 2.46. The van der Waals surface area contributed by atoms with Gasteiger partial charge in [-0.25, -0.2) is 9.97 Å². The number of ether oxygens (including phenoxy) is 3. The number of rotatable bonds is 7. The standard InChI is InChI=1S/C26H32N4O3/c1-9-29-24-25(28-20-12-16(4)15(3)11-19(20)27-24)30(10-2)26(29)17(5)23-21(32-7)13-18(31-6)14-22(23)33-8/h11-14,26H,5,9-10H2,1-4,6-8H3. The fourth-order valence-electron chi connectivity index (χ4n) is 4.55. The molecule has 0 saturated heterocycles. The zero-order valence-electron chi connectivity index (χ0n) is 20.5. The second kappa shape index (κ2) is 8.81. The molecule has 7 nitrogen and oxygen atoms in total. The fourth-order valence-corrected chi connectivity index (χ4v) is 4.55. The maximum Gasteiger partial charge on any atom is 0.174 e. The fraction of sp³-hybridized carbons (Fsp3) is 0.385. The van der Waals surface area contributed by atoms with Crippen LogP contribution in [0, 0.1) is 13.8 Å². The molecule has 1 aliphatic rings. The summed E-state index contributed by atoms with van der Waals surface area (Å²) in [6.07, 6.45) is -0.176. The molecule has 1 aliphatic heterocycles. The third-order valence-corrected chi connectivity index (χ3v) is 6.41. The van der Waals surface area contributed by atoms with Crippen LogP contribution in [0.15, 0.2) is 30.8 Å². The first-order valence-electron chi connectivity index (χ1n) is 11.2.